The van der Waals surface area contributed by atoms with Crippen LogP contribution in [0.15, 0.2) is 4.47 Å². The molecular weight excluding hydrogens is 332 g/mol. The van der Waals surface area contributed by atoms with Crippen molar-refractivity contribution in [2.24, 2.45) is 11.3 Å². The summed E-state index contributed by atoms with van der Waals surface area (Å²) in [5.74, 6) is 0.407. The summed E-state index contributed by atoms with van der Waals surface area (Å²) >= 11 is 3.68. The molecule has 1 fully saturated rings. The van der Waals surface area contributed by atoms with E-state index in [2.05, 4.69) is 34.9 Å². The van der Waals surface area contributed by atoms with Crippen molar-refractivity contribution in [2.45, 2.75) is 58.9 Å². The third-order valence-corrected chi connectivity index (χ3v) is 5.98. The molecule has 0 aromatic carbocycles. The van der Waals surface area contributed by atoms with Gasteiger partial charge in [0.1, 0.15) is 0 Å². The zero-order chi connectivity index (χ0) is 15.5. The van der Waals surface area contributed by atoms with Crippen LogP contribution >= 0.6 is 15.9 Å². The van der Waals surface area contributed by atoms with Gasteiger partial charge in [-0.1, -0.05) is 19.8 Å². The van der Waals surface area contributed by atoms with Crippen LogP contribution in [0.2, 0.25) is 0 Å². The number of rotatable bonds is 7. The fourth-order valence-corrected chi connectivity index (χ4v) is 4.33. The summed E-state index contributed by atoms with van der Waals surface area (Å²) in [5.41, 5.74) is 1.75. The third-order valence-electron chi connectivity index (χ3n) is 5.06. The highest BCUT2D eigenvalue weighted by Gasteiger charge is 2.40. The highest BCUT2D eigenvalue weighted by molar-refractivity contribution is 9.10. The minimum absolute atomic E-state index is 0.0387. The normalized spacial score (nSPS) is 16.8. The van der Waals surface area contributed by atoms with Gasteiger partial charge >= 0.3 is 0 Å². The van der Waals surface area contributed by atoms with Gasteiger partial charge < -0.3 is 10.2 Å². The molecule has 120 valence electrons. The molecule has 1 aromatic heterocycles. The second-order valence-electron chi connectivity index (χ2n) is 6.21. The molecule has 21 heavy (non-hydrogen) atoms. The number of aliphatic hydroxyl groups excluding tert-OH is 2. The second kappa shape index (κ2) is 7.25. The van der Waals surface area contributed by atoms with Crippen molar-refractivity contribution in [1.29, 1.82) is 0 Å². The highest BCUT2D eigenvalue weighted by atomic mass is 79.9. The number of aromatic nitrogens is 2. The van der Waals surface area contributed by atoms with Gasteiger partial charge in [0, 0.05) is 18.4 Å². The quantitative estimate of drug-likeness (QED) is 0.787. The molecule has 0 aliphatic heterocycles. The Bertz CT molecular complexity index is 463. The van der Waals surface area contributed by atoms with Crippen LogP contribution in [-0.4, -0.2) is 33.2 Å². The van der Waals surface area contributed by atoms with E-state index < -0.39 is 5.41 Å². The Morgan fingerprint density at radius 1 is 1.24 bits per heavy atom. The Labute approximate surface area is 135 Å². The molecule has 1 aromatic rings. The van der Waals surface area contributed by atoms with Crippen LogP contribution in [0, 0.1) is 11.3 Å². The first kappa shape index (κ1) is 17.0. The molecule has 1 aliphatic carbocycles. The molecule has 4 nitrogen and oxygen atoms in total. The minimum atomic E-state index is -0.420. The van der Waals surface area contributed by atoms with E-state index in [1.54, 1.807) is 0 Å². The highest BCUT2D eigenvalue weighted by Crippen LogP contribution is 2.43. The molecule has 0 atom stereocenters. The Morgan fingerprint density at radius 2 is 1.86 bits per heavy atom. The summed E-state index contributed by atoms with van der Waals surface area (Å²) in [5, 5.41) is 24.7. The molecular formula is C16H27BrN2O2. The summed E-state index contributed by atoms with van der Waals surface area (Å²) in [6.45, 7) is 5.07. The van der Waals surface area contributed by atoms with Crippen LogP contribution < -0.4 is 0 Å². The average molecular weight is 359 g/mol. The first-order valence-electron chi connectivity index (χ1n) is 8.07. The molecule has 0 unspecified atom stereocenters. The standard InChI is InChI=1S/C16H27BrN2O2/c1-3-13-15(17)14(19(4-2)18-13)9-16(10-20,11-21)12-7-5-6-8-12/h12,20-21H,3-11H2,1-2H3. The maximum atomic E-state index is 10.0. The largest absolute Gasteiger partial charge is 0.396 e. The summed E-state index contributed by atoms with van der Waals surface area (Å²) in [6, 6.07) is 0. The predicted octanol–water partition coefficient (Wildman–Crippen LogP) is 2.93. The summed E-state index contributed by atoms with van der Waals surface area (Å²) in [7, 11) is 0. The Morgan fingerprint density at radius 3 is 2.33 bits per heavy atom. The fourth-order valence-electron chi connectivity index (χ4n) is 3.62. The lowest BCUT2D eigenvalue weighted by atomic mass is 9.72. The van der Waals surface area contributed by atoms with E-state index in [-0.39, 0.29) is 13.2 Å². The van der Waals surface area contributed by atoms with Crippen molar-refractivity contribution in [3.63, 3.8) is 0 Å². The van der Waals surface area contributed by atoms with Crippen molar-refractivity contribution < 1.29 is 10.2 Å². The van der Waals surface area contributed by atoms with Crippen molar-refractivity contribution in [3.8, 4) is 0 Å². The topological polar surface area (TPSA) is 58.3 Å². The second-order valence-corrected chi connectivity index (χ2v) is 7.01. The van der Waals surface area contributed by atoms with Crippen LogP contribution in [0.4, 0.5) is 0 Å². The first-order chi connectivity index (χ1) is 10.1. The van der Waals surface area contributed by atoms with Gasteiger partial charge in [0.05, 0.1) is 29.1 Å². The number of halogens is 1. The lowest BCUT2D eigenvalue weighted by Gasteiger charge is -2.36. The number of aliphatic hydroxyl groups is 2. The molecule has 1 saturated carbocycles. The monoisotopic (exact) mass is 358 g/mol. The van der Waals surface area contributed by atoms with Gasteiger partial charge in [0.25, 0.3) is 0 Å². The maximum Gasteiger partial charge on any atom is 0.0766 e. The zero-order valence-electron chi connectivity index (χ0n) is 13.1. The van der Waals surface area contributed by atoms with Gasteiger partial charge in [-0.3, -0.25) is 4.68 Å². The number of nitrogens with zero attached hydrogens (tertiary/aromatic N) is 2. The van der Waals surface area contributed by atoms with E-state index in [0.717, 1.165) is 41.7 Å². The van der Waals surface area contributed by atoms with Gasteiger partial charge in [-0.25, -0.2) is 0 Å². The molecule has 0 amide bonds. The van der Waals surface area contributed by atoms with Gasteiger partial charge in [-0.05, 0) is 48.0 Å². The first-order valence-corrected chi connectivity index (χ1v) is 8.87. The Hall–Kier alpha value is -0.390. The van der Waals surface area contributed by atoms with Crippen molar-refractivity contribution in [1.82, 2.24) is 9.78 Å². The zero-order valence-corrected chi connectivity index (χ0v) is 14.7. The summed E-state index contributed by atoms with van der Waals surface area (Å²) < 4.78 is 3.06. The minimum Gasteiger partial charge on any atom is -0.396 e. The molecule has 2 rings (SSSR count). The van der Waals surface area contributed by atoms with E-state index in [9.17, 15) is 10.2 Å². The van der Waals surface area contributed by atoms with E-state index in [1.165, 1.54) is 12.8 Å². The molecule has 1 heterocycles. The molecule has 0 saturated heterocycles. The summed E-state index contributed by atoms with van der Waals surface area (Å²) in [6.07, 6.45) is 6.21. The Kier molecular flexibility index (Phi) is 5.86. The number of hydrogen-bond acceptors (Lipinski definition) is 3. The van der Waals surface area contributed by atoms with Crippen molar-refractivity contribution in [3.05, 3.63) is 15.9 Å². The van der Waals surface area contributed by atoms with Gasteiger partial charge in [-0.2, -0.15) is 5.10 Å². The Balaban J connectivity index is 2.34. The molecule has 0 radical (unpaired) electrons. The fraction of sp³-hybridized carbons (Fsp3) is 0.812. The number of aryl methyl sites for hydroxylation is 2. The van der Waals surface area contributed by atoms with Crippen LogP contribution in [0.1, 0.15) is 50.9 Å². The third kappa shape index (κ3) is 3.20. The lowest BCUT2D eigenvalue weighted by Crippen LogP contribution is -2.39. The molecule has 0 bridgehead atoms. The number of hydrogen-bond donors (Lipinski definition) is 2. The molecule has 5 heteroatoms. The van der Waals surface area contributed by atoms with Crippen LogP contribution in [-0.2, 0) is 19.4 Å². The van der Waals surface area contributed by atoms with Crippen LogP contribution in [0.25, 0.3) is 0 Å². The van der Waals surface area contributed by atoms with E-state index in [4.69, 9.17) is 0 Å². The van der Waals surface area contributed by atoms with Gasteiger partial charge in [0.2, 0.25) is 0 Å². The maximum absolute atomic E-state index is 10.0. The van der Waals surface area contributed by atoms with Crippen molar-refractivity contribution in [2.75, 3.05) is 13.2 Å². The molecule has 1 aliphatic rings. The van der Waals surface area contributed by atoms with E-state index in [1.807, 2.05) is 4.68 Å². The summed E-state index contributed by atoms with van der Waals surface area (Å²) in [4.78, 5) is 0. The van der Waals surface area contributed by atoms with E-state index >= 15 is 0 Å². The molecule has 0 spiro atoms. The molecule has 2 N–H and O–H groups in total. The van der Waals surface area contributed by atoms with Gasteiger partial charge in [-0.15, -0.1) is 0 Å². The van der Waals surface area contributed by atoms with Gasteiger partial charge in [0.15, 0.2) is 0 Å². The SMILES string of the molecule is CCc1nn(CC)c(CC(CO)(CO)C2CCCC2)c1Br. The predicted molar refractivity (Wildman–Crippen MR) is 87.2 cm³/mol. The van der Waals surface area contributed by atoms with Crippen LogP contribution in [0.3, 0.4) is 0 Å². The van der Waals surface area contributed by atoms with Crippen LogP contribution in [0.5, 0.6) is 0 Å². The average Bonchev–Trinajstić information content (AvgIpc) is 3.14. The van der Waals surface area contributed by atoms with E-state index in [0.29, 0.717) is 12.3 Å². The lowest BCUT2D eigenvalue weighted by molar-refractivity contribution is 0.00407. The smallest absolute Gasteiger partial charge is 0.0766 e. The van der Waals surface area contributed by atoms with Crippen molar-refractivity contribution >= 4 is 15.9 Å².